The molecular formula is C13H13N5O3. The molecule has 0 saturated heterocycles. The van der Waals surface area contributed by atoms with E-state index in [1.54, 1.807) is 6.07 Å². The highest BCUT2D eigenvalue weighted by Gasteiger charge is 2.11. The third-order valence-electron chi connectivity index (χ3n) is 3.05. The highest BCUT2D eigenvalue weighted by atomic mass is 16.5. The Morgan fingerprint density at radius 1 is 1.24 bits per heavy atom. The molecule has 2 aromatic heterocycles. The van der Waals surface area contributed by atoms with Crippen LogP contribution in [0.2, 0.25) is 0 Å². The molecule has 0 atom stereocenters. The van der Waals surface area contributed by atoms with Gasteiger partial charge in [-0.2, -0.15) is 0 Å². The Balaban J connectivity index is 1.88. The first kappa shape index (κ1) is 13.0. The van der Waals surface area contributed by atoms with Crippen LogP contribution in [0.3, 0.4) is 0 Å². The van der Waals surface area contributed by atoms with Crippen LogP contribution >= 0.6 is 0 Å². The molecule has 0 spiro atoms. The van der Waals surface area contributed by atoms with Crippen molar-refractivity contribution in [2.24, 2.45) is 0 Å². The topological polar surface area (TPSA) is 116 Å². The molecule has 0 aliphatic carbocycles. The summed E-state index contributed by atoms with van der Waals surface area (Å²) >= 11 is 0. The third kappa shape index (κ3) is 2.38. The standard InChI is InChI=1S/C13H13N5O3/c1-21-8-2-7(11(20)9(19)3-8)4-14-12-10-13(16-5-15-10)18-6-17-12/h2-3,5-6,19-20H,4H2,1H3,(H2,14,15,16,17,18). The summed E-state index contributed by atoms with van der Waals surface area (Å²) < 4.78 is 5.06. The van der Waals surface area contributed by atoms with Crippen molar-refractivity contribution in [3.63, 3.8) is 0 Å². The van der Waals surface area contributed by atoms with Crippen LogP contribution in [0.1, 0.15) is 5.56 Å². The first-order valence-corrected chi connectivity index (χ1v) is 6.16. The Kier molecular flexibility index (Phi) is 3.19. The first-order chi connectivity index (χ1) is 10.2. The number of phenols is 2. The monoisotopic (exact) mass is 287 g/mol. The fourth-order valence-electron chi connectivity index (χ4n) is 1.98. The number of fused-ring (bicyclic) bond motifs is 1. The van der Waals surface area contributed by atoms with Gasteiger partial charge in [-0.1, -0.05) is 0 Å². The van der Waals surface area contributed by atoms with E-state index in [-0.39, 0.29) is 18.0 Å². The number of aromatic nitrogens is 4. The molecule has 21 heavy (non-hydrogen) atoms. The van der Waals surface area contributed by atoms with Gasteiger partial charge in [0.2, 0.25) is 0 Å². The lowest BCUT2D eigenvalue weighted by atomic mass is 10.1. The van der Waals surface area contributed by atoms with Crippen molar-refractivity contribution >= 4 is 17.0 Å². The van der Waals surface area contributed by atoms with E-state index < -0.39 is 0 Å². The van der Waals surface area contributed by atoms with Gasteiger partial charge in [-0.05, 0) is 6.07 Å². The predicted molar refractivity (Wildman–Crippen MR) is 75.3 cm³/mol. The van der Waals surface area contributed by atoms with E-state index in [4.69, 9.17) is 4.74 Å². The number of anilines is 1. The van der Waals surface area contributed by atoms with E-state index in [9.17, 15) is 10.2 Å². The molecular weight excluding hydrogens is 274 g/mol. The van der Waals surface area contributed by atoms with Crippen LogP contribution in [0.15, 0.2) is 24.8 Å². The largest absolute Gasteiger partial charge is 0.504 e. The van der Waals surface area contributed by atoms with Crippen molar-refractivity contribution in [3.8, 4) is 17.2 Å². The van der Waals surface area contributed by atoms with Gasteiger partial charge in [-0.25, -0.2) is 15.0 Å². The zero-order valence-electron chi connectivity index (χ0n) is 11.2. The molecule has 0 unspecified atom stereocenters. The average molecular weight is 287 g/mol. The number of ether oxygens (including phenoxy) is 1. The zero-order chi connectivity index (χ0) is 14.8. The third-order valence-corrected chi connectivity index (χ3v) is 3.05. The van der Waals surface area contributed by atoms with Gasteiger partial charge in [0.15, 0.2) is 23.0 Å². The van der Waals surface area contributed by atoms with Gasteiger partial charge >= 0.3 is 0 Å². The summed E-state index contributed by atoms with van der Waals surface area (Å²) in [4.78, 5) is 15.1. The van der Waals surface area contributed by atoms with Gasteiger partial charge in [0, 0.05) is 18.2 Å². The van der Waals surface area contributed by atoms with Gasteiger partial charge in [-0.15, -0.1) is 0 Å². The molecule has 108 valence electrons. The molecule has 0 radical (unpaired) electrons. The highest BCUT2D eigenvalue weighted by Crippen LogP contribution is 2.34. The molecule has 0 amide bonds. The fourth-order valence-corrected chi connectivity index (χ4v) is 1.98. The van der Waals surface area contributed by atoms with Crippen molar-refractivity contribution < 1.29 is 14.9 Å². The highest BCUT2D eigenvalue weighted by molar-refractivity contribution is 5.81. The maximum absolute atomic E-state index is 9.87. The Labute approximate surface area is 119 Å². The molecule has 8 nitrogen and oxygen atoms in total. The summed E-state index contributed by atoms with van der Waals surface area (Å²) in [6.07, 6.45) is 2.92. The number of rotatable bonds is 4. The second-order valence-electron chi connectivity index (χ2n) is 4.33. The normalized spacial score (nSPS) is 10.7. The van der Waals surface area contributed by atoms with E-state index in [1.807, 2.05) is 0 Å². The van der Waals surface area contributed by atoms with Crippen LogP contribution in [0.25, 0.3) is 11.2 Å². The summed E-state index contributed by atoms with van der Waals surface area (Å²) in [5, 5.41) is 22.6. The number of imidazole rings is 1. The lowest BCUT2D eigenvalue weighted by Crippen LogP contribution is -2.03. The number of phenolic OH excluding ortho intramolecular Hbond substituents is 2. The van der Waals surface area contributed by atoms with Crippen LogP contribution in [0.5, 0.6) is 17.2 Å². The SMILES string of the molecule is COc1cc(O)c(O)c(CNc2ncnc3nc[nH]c23)c1. The Morgan fingerprint density at radius 3 is 2.90 bits per heavy atom. The minimum atomic E-state index is -0.236. The molecule has 0 bridgehead atoms. The fraction of sp³-hybridized carbons (Fsp3) is 0.154. The molecule has 0 aliphatic heterocycles. The predicted octanol–water partition coefficient (Wildman–Crippen LogP) is 1.38. The minimum Gasteiger partial charge on any atom is -0.504 e. The number of H-pyrrole nitrogens is 1. The number of hydrogen-bond donors (Lipinski definition) is 4. The van der Waals surface area contributed by atoms with Crippen LogP contribution < -0.4 is 10.1 Å². The summed E-state index contributed by atoms with van der Waals surface area (Å²) in [7, 11) is 1.49. The Hall–Kier alpha value is -3.03. The van der Waals surface area contributed by atoms with Crippen molar-refractivity contribution in [2.75, 3.05) is 12.4 Å². The molecule has 0 fully saturated rings. The maximum atomic E-state index is 9.87. The molecule has 3 rings (SSSR count). The van der Waals surface area contributed by atoms with Crippen LogP contribution in [-0.4, -0.2) is 37.3 Å². The van der Waals surface area contributed by atoms with Gasteiger partial charge in [0.05, 0.1) is 13.4 Å². The second-order valence-corrected chi connectivity index (χ2v) is 4.33. The number of nitrogens with one attached hydrogen (secondary N) is 2. The maximum Gasteiger partial charge on any atom is 0.182 e. The quantitative estimate of drug-likeness (QED) is 0.536. The van der Waals surface area contributed by atoms with E-state index in [1.165, 1.54) is 25.8 Å². The molecule has 4 N–H and O–H groups in total. The molecule has 0 aliphatic rings. The van der Waals surface area contributed by atoms with Crippen LogP contribution in [0.4, 0.5) is 5.82 Å². The summed E-state index contributed by atoms with van der Waals surface area (Å²) in [6, 6.07) is 2.98. The zero-order valence-corrected chi connectivity index (χ0v) is 11.2. The molecule has 3 aromatic rings. The van der Waals surface area contributed by atoms with Gasteiger partial charge < -0.3 is 25.3 Å². The van der Waals surface area contributed by atoms with Crippen molar-refractivity contribution in [1.82, 2.24) is 19.9 Å². The van der Waals surface area contributed by atoms with E-state index in [0.29, 0.717) is 28.3 Å². The van der Waals surface area contributed by atoms with E-state index in [2.05, 4.69) is 25.3 Å². The van der Waals surface area contributed by atoms with Gasteiger partial charge in [-0.3, -0.25) is 0 Å². The molecule has 0 saturated carbocycles. The summed E-state index contributed by atoms with van der Waals surface area (Å²) in [5.74, 6) is 0.578. The van der Waals surface area contributed by atoms with Crippen LogP contribution in [-0.2, 0) is 6.54 Å². The number of nitrogens with zero attached hydrogens (tertiary/aromatic N) is 3. The Bertz CT molecular complexity index is 787. The number of aromatic hydroxyl groups is 2. The Morgan fingerprint density at radius 2 is 2.10 bits per heavy atom. The first-order valence-electron chi connectivity index (χ1n) is 6.16. The second kappa shape index (κ2) is 5.16. The van der Waals surface area contributed by atoms with E-state index >= 15 is 0 Å². The van der Waals surface area contributed by atoms with Crippen molar-refractivity contribution in [1.29, 1.82) is 0 Å². The van der Waals surface area contributed by atoms with Gasteiger partial charge in [0.1, 0.15) is 17.6 Å². The number of benzene rings is 1. The molecule has 1 aromatic carbocycles. The minimum absolute atomic E-state index is 0.196. The number of aromatic amines is 1. The lowest BCUT2D eigenvalue weighted by molar-refractivity contribution is 0.383. The average Bonchev–Trinajstić information content (AvgIpc) is 2.97. The lowest BCUT2D eigenvalue weighted by Gasteiger charge is -2.11. The number of hydrogen-bond acceptors (Lipinski definition) is 7. The number of methoxy groups -OCH3 is 1. The van der Waals surface area contributed by atoms with Crippen molar-refractivity contribution in [3.05, 3.63) is 30.4 Å². The van der Waals surface area contributed by atoms with E-state index in [0.717, 1.165) is 0 Å². The molecule has 8 heteroatoms. The summed E-state index contributed by atoms with van der Waals surface area (Å²) in [5.41, 5.74) is 1.70. The molecule has 2 heterocycles. The van der Waals surface area contributed by atoms with Crippen molar-refractivity contribution in [2.45, 2.75) is 6.54 Å². The van der Waals surface area contributed by atoms with Gasteiger partial charge in [0.25, 0.3) is 0 Å². The summed E-state index contributed by atoms with van der Waals surface area (Å²) in [6.45, 7) is 0.252. The smallest absolute Gasteiger partial charge is 0.182 e. The van der Waals surface area contributed by atoms with Crippen LogP contribution in [0, 0.1) is 0 Å².